The fraction of sp³-hybridized carbons (Fsp3) is 0.947. The number of carbonyl (C=O) groups excluding carboxylic acids is 2. The molecule has 52 heavy (non-hydrogen) atoms. The first-order valence-electron chi connectivity index (χ1n) is 18.9. The first-order chi connectivity index (χ1) is 24.0. The van der Waals surface area contributed by atoms with E-state index in [2.05, 4.69) is 0 Å². The van der Waals surface area contributed by atoms with Gasteiger partial charge in [-0.25, -0.2) is 0 Å². The highest BCUT2D eigenvalue weighted by molar-refractivity contribution is 5.83. The number of hydrogen-bond donors (Lipinski definition) is 4. The van der Waals surface area contributed by atoms with Gasteiger partial charge in [0, 0.05) is 44.4 Å². The number of hydrogen-bond acceptors (Lipinski definition) is 14. The summed E-state index contributed by atoms with van der Waals surface area (Å²) in [7, 11) is 6.77. The summed E-state index contributed by atoms with van der Waals surface area (Å²) in [6.07, 6.45) is -8.73. The Morgan fingerprint density at radius 3 is 1.98 bits per heavy atom. The number of cyclic esters (lactones) is 1. The molecule has 0 aromatic heterocycles. The summed E-state index contributed by atoms with van der Waals surface area (Å²) >= 11 is 0. The van der Waals surface area contributed by atoms with Crippen molar-refractivity contribution < 1.29 is 63.2 Å². The highest BCUT2D eigenvalue weighted by Crippen LogP contribution is 2.41. The van der Waals surface area contributed by atoms with Gasteiger partial charge in [-0.05, 0) is 74.9 Å². The molecule has 0 aromatic carbocycles. The van der Waals surface area contributed by atoms with Gasteiger partial charge >= 0.3 is 5.97 Å². The summed E-state index contributed by atoms with van der Waals surface area (Å²) in [5.74, 6) is -4.47. The molecule has 0 spiro atoms. The predicted octanol–water partition coefficient (Wildman–Crippen LogP) is 2.44. The van der Waals surface area contributed by atoms with E-state index in [4.69, 9.17) is 33.2 Å². The van der Waals surface area contributed by atoms with E-state index in [1.54, 1.807) is 48.5 Å². The molecule has 14 heteroatoms. The molecule has 3 fully saturated rings. The van der Waals surface area contributed by atoms with Gasteiger partial charge < -0.3 is 58.5 Å². The maximum absolute atomic E-state index is 14.2. The van der Waals surface area contributed by atoms with Crippen LogP contribution in [0.2, 0.25) is 0 Å². The number of ether oxygens (including phenoxy) is 7. The molecule has 18 atom stereocenters. The van der Waals surface area contributed by atoms with Crippen molar-refractivity contribution in [3.63, 3.8) is 0 Å². The lowest BCUT2D eigenvalue weighted by Gasteiger charge is -2.50. The number of rotatable bonds is 8. The third kappa shape index (κ3) is 9.38. The van der Waals surface area contributed by atoms with Gasteiger partial charge in [-0.3, -0.25) is 9.59 Å². The molecule has 3 aliphatic heterocycles. The standard InChI is InChI=1S/C38H69NO13/c1-15-26-38(10,45)31(42)21(4)28(40)19(2)17-37(9,47-14)33(52-35-29(41)25(39(11)12)16-20(3)48-35)22(5)30(23(6)34(44)50-26)51-27-18-36(8,46-13)32(43)24(7)49-27/h19-27,29-33,35,41-43,45H,15-18H2,1-14H3/t19-,20-,21+,22-,23-,24+,25+,26-,27+,29-,30+,31+,32+,33-,35+,36-,37-,38-/m1/s1. The normalized spacial score (nSPS) is 49.0. The molecule has 3 saturated heterocycles. The zero-order valence-electron chi connectivity index (χ0n) is 33.9. The van der Waals surface area contributed by atoms with E-state index in [1.807, 2.05) is 32.8 Å². The van der Waals surface area contributed by atoms with E-state index >= 15 is 0 Å². The molecular weight excluding hydrogens is 678 g/mol. The molecule has 3 heterocycles. The lowest BCUT2D eigenvalue weighted by atomic mass is 9.74. The lowest BCUT2D eigenvalue weighted by molar-refractivity contribution is -0.319. The summed E-state index contributed by atoms with van der Waals surface area (Å²) in [5.41, 5.74) is -4.24. The number of aliphatic hydroxyl groups is 4. The predicted molar refractivity (Wildman–Crippen MR) is 191 cm³/mol. The first-order valence-corrected chi connectivity index (χ1v) is 18.9. The quantitative estimate of drug-likeness (QED) is 0.266. The minimum Gasteiger partial charge on any atom is -0.459 e. The van der Waals surface area contributed by atoms with Crippen LogP contribution in [0.3, 0.4) is 0 Å². The summed E-state index contributed by atoms with van der Waals surface area (Å²) in [4.78, 5) is 30.1. The molecule has 0 bridgehead atoms. The van der Waals surface area contributed by atoms with Gasteiger partial charge in [0.25, 0.3) is 0 Å². The molecule has 0 aromatic rings. The third-order valence-corrected chi connectivity index (χ3v) is 12.3. The highest BCUT2D eigenvalue weighted by Gasteiger charge is 2.54. The van der Waals surface area contributed by atoms with E-state index in [0.717, 1.165) is 0 Å². The third-order valence-electron chi connectivity index (χ3n) is 12.3. The topological polar surface area (TPSA) is 183 Å². The van der Waals surface area contributed by atoms with Crippen molar-refractivity contribution in [3.8, 4) is 0 Å². The van der Waals surface area contributed by atoms with E-state index in [0.29, 0.717) is 6.42 Å². The Morgan fingerprint density at radius 1 is 0.846 bits per heavy atom. The second-order valence-electron chi connectivity index (χ2n) is 16.6. The second kappa shape index (κ2) is 17.7. The monoisotopic (exact) mass is 747 g/mol. The number of methoxy groups -OCH3 is 2. The van der Waals surface area contributed by atoms with Gasteiger partial charge in [-0.2, -0.15) is 0 Å². The van der Waals surface area contributed by atoms with Crippen molar-refractivity contribution in [2.75, 3.05) is 28.3 Å². The van der Waals surface area contributed by atoms with Crippen molar-refractivity contribution in [1.82, 2.24) is 4.90 Å². The minimum atomic E-state index is -1.96. The van der Waals surface area contributed by atoms with E-state index < -0.39 is 102 Å². The highest BCUT2D eigenvalue weighted by atomic mass is 16.7. The van der Waals surface area contributed by atoms with Gasteiger partial charge in [0.15, 0.2) is 12.6 Å². The molecule has 3 rings (SSSR count). The Balaban J connectivity index is 2.22. The van der Waals surface area contributed by atoms with Crippen molar-refractivity contribution in [2.24, 2.45) is 23.7 Å². The summed E-state index contributed by atoms with van der Waals surface area (Å²) in [6, 6.07) is -0.283. The molecule has 3 aliphatic rings. The maximum atomic E-state index is 14.2. The molecule has 14 nitrogen and oxygen atoms in total. The van der Waals surface area contributed by atoms with Crippen molar-refractivity contribution in [2.45, 2.75) is 179 Å². The number of aliphatic hydroxyl groups excluding tert-OH is 3. The summed E-state index contributed by atoms with van der Waals surface area (Å²) in [6.45, 7) is 17.1. The molecule has 0 saturated carbocycles. The van der Waals surface area contributed by atoms with Gasteiger partial charge in [0.1, 0.15) is 29.7 Å². The second-order valence-corrected chi connectivity index (χ2v) is 16.6. The number of carbonyl (C=O) groups is 2. The van der Waals surface area contributed by atoms with Crippen LogP contribution >= 0.6 is 0 Å². The smallest absolute Gasteiger partial charge is 0.311 e. The van der Waals surface area contributed by atoms with Crippen LogP contribution in [0.25, 0.3) is 0 Å². The Bertz CT molecular complexity index is 1190. The maximum Gasteiger partial charge on any atom is 0.311 e. The van der Waals surface area contributed by atoms with Gasteiger partial charge in [0.2, 0.25) is 0 Å². The van der Waals surface area contributed by atoms with E-state index in [9.17, 15) is 30.0 Å². The van der Waals surface area contributed by atoms with Crippen molar-refractivity contribution >= 4 is 11.8 Å². The Kier molecular flexibility index (Phi) is 15.3. The van der Waals surface area contributed by atoms with Crippen LogP contribution in [-0.4, -0.2) is 150 Å². The number of likely N-dealkylation sites (N-methyl/N-ethyl adjacent to an activating group) is 1. The van der Waals surface area contributed by atoms with Gasteiger partial charge in [-0.15, -0.1) is 0 Å². The minimum absolute atomic E-state index is 0.111. The van der Waals surface area contributed by atoms with E-state index in [-0.39, 0.29) is 37.2 Å². The van der Waals surface area contributed by atoms with Crippen LogP contribution in [0.15, 0.2) is 0 Å². The zero-order valence-corrected chi connectivity index (χ0v) is 33.9. The van der Waals surface area contributed by atoms with Crippen molar-refractivity contribution in [1.29, 1.82) is 0 Å². The van der Waals surface area contributed by atoms with Crippen LogP contribution in [0.4, 0.5) is 0 Å². The molecule has 0 aliphatic carbocycles. The molecular formula is C38H69NO13. The number of Topliss-reactive ketones (excluding diaryl/α,β-unsaturated/α-hetero) is 1. The molecule has 0 radical (unpaired) electrons. The molecule has 0 amide bonds. The Labute approximate surface area is 310 Å². The number of esters is 1. The Hall–Kier alpha value is -1.30. The average molecular weight is 748 g/mol. The molecule has 0 unspecified atom stereocenters. The number of nitrogens with zero attached hydrogens (tertiary/aromatic N) is 1. The fourth-order valence-electron chi connectivity index (χ4n) is 8.58. The van der Waals surface area contributed by atoms with Crippen LogP contribution < -0.4 is 0 Å². The summed E-state index contributed by atoms with van der Waals surface area (Å²) < 4.78 is 43.9. The number of ketones is 1. The van der Waals surface area contributed by atoms with Crippen molar-refractivity contribution in [3.05, 3.63) is 0 Å². The van der Waals surface area contributed by atoms with Crippen LogP contribution in [-0.2, 0) is 42.7 Å². The SMILES string of the molecule is CC[C@H]1OC(=O)[C@H](C)[C@@H](O[C@H]2C[C@@](C)(OC)[C@@H](O)[C@H](C)O2)[C@@H](C)[C@@H](O[C@@H]2O[C@H](C)C[C@H](N(C)C)[C@H]2O)[C@](C)(OC)C[C@@H](C)C(=O)[C@H](C)[C@H](O)[C@]1(C)O. The van der Waals surface area contributed by atoms with Gasteiger partial charge in [0.05, 0.1) is 47.6 Å². The van der Waals surface area contributed by atoms with Crippen LogP contribution in [0, 0.1) is 23.7 Å². The summed E-state index contributed by atoms with van der Waals surface area (Å²) in [5, 5.41) is 45.6. The van der Waals surface area contributed by atoms with Gasteiger partial charge in [-0.1, -0.05) is 27.7 Å². The zero-order chi connectivity index (χ0) is 39.7. The average Bonchev–Trinajstić information content (AvgIpc) is 3.09. The molecule has 4 N–H and O–H groups in total. The lowest BCUT2D eigenvalue weighted by Crippen LogP contribution is -2.61. The molecule has 304 valence electrons. The van der Waals surface area contributed by atoms with Crippen LogP contribution in [0.5, 0.6) is 0 Å². The largest absolute Gasteiger partial charge is 0.459 e. The van der Waals surface area contributed by atoms with Crippen LogP contribution in [0.1, 0.15) is 94.9 Å². The first kappa shape index (κ1) is 45.1. The fourth-order valence-corrected chi connectivity index (χ4v) is 8.58. The Morgan fingerprint density at radius 2 is 1.44 bits per heavy atom. The van der Waals surface area contributed by atoms with E-state index in [1.165, 1.54) is 21.1 Å².